The van der Waals surface area contributed by atoms with E-state index in [4.69, 9.17) is 5.73 Å². The van der Waals surface area contributed by atoms with Crippen molar-refractivity contribution in [2.24, 2.45) is 11.7 Å². The molecule has 98 valence electrons. The first-order valence-electron chi connectivity index (χ1n) is 6.62. The van der Waals surface area contributed by atoms with Crippen LogP contribution >= 0.6 is 0 Å². The maximum Gasteiger partial charge on any atom is 0.225 e. The average Bonchev–Trinajstić information content (AvgIpc) is 2.78. The maximum atomic E-state index is 12.2. The second kappa shape index (κ2) is 5.53. The Bertz CT molecular complexity index is 413. The molecule has 1 aromatic rings. The molecule has 0 spiro atoms. The number of nitrogens with zero attached hydrogens (tertiary/aromatic N) is 1. The largest absolute Gasteiger partial charge is 0.341 e. The molecule has 0 saturated heterocycles. The minimum atomic E-state index is 0.135. The third kappa shape index (κ3) is 3.10. The molecule has 0 bridgehead atoms. The molecule has 0 heterocycles. The van der Waals surface area contributed by atoms with Gasteiger partial charge in [0.25, 0.3) is 0 Å². The third-order valence-electron chi connectivity index (χ3n) is 3.74. The van der Waals surface area contributed by atoms with Crippen LogP contribution in [0.3, 0.4) is 0 Å². The number of amides is 1. The van der Waals surface area contributed by atoms with Crippen LogP contribution in [0.2, 0.25) is 0 Å². The number of hydrogen-bond donors (Lipinski definition) is 1. The van der Waals surface area contributed by atoms with Crippen LogP contribution in [0, 0.1) is 12.8 Å². The van der Waals surface area contributed by atoms with Crippen molar-refractivity contribution in [3.63, 3.8) is 0 Å². The van der Waals surface area contributed by atoms with E-state index < -0.39 is 0 Å². The van der Waals surface area contributed by atoms with Crippen molar-refractivity contribution < 1.29 is 4.79 Å². The van der Waals surface area contributed by atoms with Crippen molar-refractivity contribution in [1.82, 2.24) is 4.90 Å². The fourth-order valence-corrected chi connectivity index (χ4v) is 2.60. The summed E-state index contributed by atoms with van der Waals surface area (Å²) in [5.41, 5.74) is 8.29. The molecule has 1 aliphatic rings. The summed E-state index contributed by atoms with van der Waals surface area (Å²) >= 11 is 0. The summed E-state index contributed by atoms with van der Waals surface area (Å²) in [5, 5.41) is 0. The molecule has 2 rings (SSSR count). The molecule has 3 nitrogen and oxygen atoms in total. The van der Waals surface area contributed by atoms with Crippen molar-refractivity contribution >= 4 is 5.91 Å². The molecule has 1 aromatic carbocycles. The molecule has 1 saturated carbocycles. The lowest BCUT2D eigenvalue weighted by Gasteiger charge is -2.21. The number of carbonyl (C=O) groups excluding carboxylic acids is 1. The van der Waals surface area contributed by atoms with Crippen LogP contribution < -0.4 is 5.73 Å². The van der Waals surface area contributed by atoms with Gasteiger partial charge in [-0.05, 0) is 31.7 Å². The fourth-order valence-electron chi connectivity index (χ4n) is 2.60. The maximum absolute atomic E-state index is 12.2. The zero-order chi connectivity index (χ0) is 13.1. The standard InChI is InChI=1S/C15H22N2O/c1-11-3-5-12(6-4-11)10-17(2)15(18)13-7-8-14(16)9-13/h3-6,13-14H,7-10,16H2,1-2H3. The number of nitrogens with two attached hydrogens (primary N) is 1. The molecule has 0 aromatic heterocycles. The van der Waals surface area contributed by atoms with Crippen LogP contribution in [0.4, 0.5) is 0 Å². The van der Waals surface area contributed by atoms with E-state index in [0.29, 0.717) is 6.54 Å². The number of benzene rings is 1. The van der Waals surface area contributed by atoms with E-state index in [1.807, 2.05) is 11.9 Å². The smallest absolute Gasteiger partial charge is 0.225 e. The fraction of sp³-hybridized carbons (Fsp3) is 0.533. The number of rotatable bonds is 3. The highest BCUT2D eigenvalue weighted by atomic mass is 16.2. The van der Waals surface area contributed by atoms with Crippen LogP contribution in [0.15, 0.2) is 24.3 Å². The van der Waals surface area contributed by atoms with Crippen molar-refractivity contribution in [3.8, 4) is 0 Å². The van der Waals surface area contributed by atoms with E-state index in [1.165, 1.54) is 11.1 Å². The summed E-state index contributed by atoms with van der Waals surface area (Å²) in [4.78, 5) is 14.1. The topological polar surface area (TPSA) is 46.3 Å². The van der Waals surface area contributed by atoms with Crippen molar-refractivity contribution in [2.75, 3.05) is 7.05 Å². The van der Waals surface area contributed by atoms with Gasteiger partial charge < -0.3 is 10.6 Å². The lowest BCUT2D eigenvalue weighted by atomic mass is 10.1. The van der Waals surface area contributed by atoms with Gasteiger partial charge in [0.05, 0.1) is 0 Å². The van der Waals surface area contributed by atoms with Crippen LogP contribution in [-0.4, -0.2) is 23.9 Å². The first-order chi connectivity index (χ1) is 8.56. The summed E-state index contributed by atoms with van der Waals surface area (Å²) in [6.45, 7) is 2.75. The Hall–Kier alpha value is -1.35. The number of hydrogen-bond acceptors (Lipinski definition) is 2. The summed E-state index contributed by atoms with van der Waals surface area (Å²) in [6, 6.07) is 8.55. The average molecular weight is 246 g/mol. The van der Waals surface area contributed by atoms with E-state index in [0.717, 1.165) is 19.3 Å². The molecule has 0 aliphatic heterocycles. The van der Waals surface area contributed by atoms with Gasteiger partial charge in [-0.1, -0.05) is 29.8 Å². The highest BCUT2D eigenvalue weighted by molar-refractivity contribution is 5.79. The van der Waals surface area contributed by atoms with E-state index in [9.17, 15) is 4.79 Å². The minimum Gasteiger partial charge on any atom is -0.341 e. The van der Waals surface area contributed by atoms with Gasteiger partial charge >= 0.3 is 0 Å². The van der Waals surface area contributed by atoms with Crippen molar-refractivity contribution in [1.29, 1.82) is 0 Å². The highest BCUT2D eigenvalue weighted by Crippen LogP contribution is 2.26. The normalized spacial score (nSPS) is 23.1. The van der Waals surface area contributed by atoms with E-state index >= 15 is 0 Å². The summed E-state index contributed by atoms with van der Waals surface area (Å²) in [6.07, 6.45) is 2.77. The van der Waals surface area contributed by atoms with E-state index in [-0.39, 0.29) is 17.9 Å². The SMILES string of the molecule is Cc1ccc(CN(C)C(=O)C2CCC(N)C2)cc1. The zero-order valence-corrected chi connectivity index (χ0v) is 11.2. The van der Waals surface area contributed by atoms with Crippen LogP contribution in [0.5, 0.6) is 0 Å². The van der Waals surface area contributed by atoms with Gasteiger partial charge in [-0.25, -0.2) is 0 Å². The summed E-state index contributed by atoms with van der Waals surface area (Å²) < 4.78 is 0. The Morgan fingerprint density at radius 2 is 2.00 bits per heavy atom. The zero-order valence-electron chi connectivity index (χ0n) is 11.2. The van der Waals surface area contributed by atoms with Crippen molar-refractivity contribution in [3.05, 3.63) is 35.4 Å². The Labute approximate surface area is 109 Å². The van der Waals surface area contributed by atoms with Gasteiger partial charge in [-0.15, -0.1) is 0 Å². The Morgan fingerprint density at radius 1 is 1.33 bits per heavy atom. The number of aryl methyl sites for hydroxylation is 1. The third-order valence-corrected chi connectivity index (χ3v) is 3.74. The molecule has 3 heteroatoms. The van der Waals surface area contributed by atoms with E-state index in [1.54, 1.807) is 0 Å². The Balaban J connectivity index is 1.93. The monoisotopic (exact) mass is 246 g/mol. The van der Waals surface area contributed by atoms with E-state index in [2.05, 4.69) is 31.2 Å². The Morgan fingerprint density at radius 3 is 2.56 bits per heavy atom. The first kappa shape index (κ1) is 13.1. The quantitative estimate of drug-likeness (QED) is 0.887. The molecule has 2 N–H and O–H groups in total. The van der Waals surface area contributed by atoms with Gasteiger partial charge in [0.1, 0.15) is 0 Å². The molecule has 0 radical (unpaired) electrons. The first-order valence-corrected chi connectivity index (χ1v) is 6.62. The highest BCUT2D eigenvalue weighted by Gasteiger charge is 2.29. The molecule has 1 aliphatic carbocycles. The second-order valence-corrected chi connectivity index (χ2v) is 5.45. The molecule has 2 unspecified atom stereocenters. The second-order valence-electron chi connectivity index (χ2n) is 5.45. The van der Waals surface area contributed by atoms with Crippen molar-refractivity contribution in [2.45, 2.75) is 38.8 Å². The van der Waals surface area contributed by atoms with Gasteiger partial charge in [-0.3, -0.25) is 4.79 Å². The number of carbonyl (C=O) groups is 1. The molecular formula is C15H22N2O. The molecule has 1 amide bonds. The van der Waals surface area contributed by atoms with Crippen LogP contribution in [0.25, 0.3) is 0 Å². The minimum absolute atomic E-state index is 0.135. The predicted octanol–water partition coefficient (Wildman–Crippen LogP) is 2.08. The molecular weight excluding hydrogens is 224 g/mol. The molecule has 1 fully saturated rings. The van der Waals surface area contributed by atoms with Crippen LogP contribution in [-0.2, 0) is 11.3 Å². The molecule has 2 atom stereocenters. The van der Waals surface area contributed by atoms with Gasteiger partial charge in [0.2, 0.25) is 5.91 Å². The lowest BCUT2D eigenvalue weighted by molar-refractivity contribution is -0.134. The lowest BCUT2D eigenvalue weighted by Crippen LogP contribution is -2.32. The van der Waals surface area contributed by atoms with Gasteiger partial charge in [-0.2, -0.15) is 0 Å². The molecule has 18 heavy (non-hydrogen) atoms. The summed E-state index contributed by atoms with van der Waals surface area (Å²) in [5.74, 6) is 0.374. The Kier molecular flexibility index (Phi) is 4.02. The summed E-state index contributed by atoms with van der Waals surface area (Å²) in [7, 11) is 1.88. The predicted molar refractivity (Wildman–Crippen MR) is 73.0 cm³/mol. The van der Waals surface area contributed by atoms with Gasteiger partial charge in [0, 0.05) is 25.6 Å². The van der Waals surface area contributed by atoms with Gasteiger partial charge in [0.15, 0.2) is 0 Å². The van der Waals surface area contributed by atoms with Crippen LogP contribution in [0.1, 0.15) is 30.4 Å².